The number of aromatic hydroxyl groups is 1. The monoisotopic (exact) mass is 444 g/mol. The van der Waals surface area contributed by atoms with Crippen LogP contribution in [0.3, 0.4) is 0 Å². The SMILES string of the molecule is CCC/C=C/CCCCCCCCCCCCCOC(=O)/C=C/c1ccc(O)c(OC)c1. The molecule has 0 amide bonds. The minimum absolute atomic E-state index is 0.0774. The molecular formula is C28H44O4. The van der Waals surface area contributed by atoms with Crippen molar-refractivity contribution < 1.29 is 19.4 Å². The topological polar surface area (TPSA) is 55.8 Å². The van der Waals surface area contributed by atoms with Gasteiger partial charge in [0.2, 0.25) is 0 Å². The van der Waals surface area contributed by atoms with Gasteiger partial charge in [-0.3, -0.25) is 0 Å². The Balaban J connectivity index is 1.91. The van der Waals surface area contributed by atoms with Gasteiger partial charge in [0.1, 0.15) is 0 Å². The molecule has 180 valence electrons. The molecule has 0 bridgehead atoms. The normalized spacial score (nSPS) is 11.4. The van der Waals surface area contributed by atoms with E-state index in [-0.39, 0.29) is 11.7 Å². The van der Waals surface area contributed by atoms with Crippen molar-refractivity contribution >= 4 is 12.0 Å². The first-order chi connectivity index (χ1) is 15.7. The van der Waals surface area contributed by atoms with Crippen LogP contribution in [-0.2, 0) is 9.53 Å². The van der Waals surface area contributed by atoms with Crippen molar-refractivity contribution in [3.63, 3.8) is 0 Å². The lowest BCUT2D eigenvalue weighted by Gasteiger charge is -2.04. The Morgan fingerprint density at radius 1 is 0.875 bits per heavy atom. The number of hydrogen-bond acceptors (Lipinski definition) is 4. The lowest BCUT2D eigenvalue weighted by atomic mass is 10.1. The number of allylic oxidation sites excluding steroid dienone is 2. The maximum atomic E-state index is 11.8. The van der Waals surface area contributed by atoms with Gasteiger partial charge in [0.05, 0.1) is 13.7 Å². The number of benzene rings is 1. The van der Waals surface area contributed by atoms with E-state index in [0.29, 0.717) is 12.4 Å². The Kier molecular flexibility index (Phi) is 16.9. The van der Waals surface area contributed by atoms with Gasteiger partial charge in [-0.1, -0.05) is 89.4 Å². The van der Waals surface area contributed by atoms with Gasteiger partial charge < -0.3 is 14.6 Å². The Hall–Kier alpha value is -2.23. The number of unbranched alkanes of at least 4 members (excludes halogenated alkanes) is 12. The van der Waals surface area contributed by atoms with Crippen molar-refractivity contribution in [1.29, 1.82) is 0 Å². The van der Waals surface area contributed by atoms with E-state index in [0.717, 1.165) is 18.4 Å². The number of rotatable bonds is 19. The molecule has 0 radical (unpaired) electrons. The van der Waals surface area contributed by atoms with Gasteiger partial charge in [0.25, 0.3) is 0 Å². The van der Waals surface area contributed by atoms with E-state index in [1.54, 1.807) is 18.2 Å². The smallest absolute Gasteiger partial charge is 0.330 e. The third-order valence-electron chi connectivity index (χ3n) is 5.50. The van der Waals surface area contributed by atoms with Gasteiger partial charge in [-0.15, -0.1) is 0 Å². The fourth-order valence-corrected chi connectivity index (χ4v) is 3.54. The molecule has 0 aliphatic rings. The maximum Gasteiger partial charge on any atom is 0.330 e. The van der Waals surface area contributed by atoms with Crippen LogP contribution in [0.5, 0.6) is 11.5 Å². The predicted molar refractivity (Wildman–Crippen MR) is 134 cm³/mol. The zero-order valence-electron chi connectivity index (χ0n) is 20.3. The lowest BCUT2D eigenvalue weighted by Crippen LogP contribution is -2.02. The van der Waals surface area contributed by atoms with Crippen LogP contribution in [-0.4, -0.2) is 24.8 Å². The quantitative estimate of drug-likeness (QED) is 0.102. The molecule has 0 saturated heterocycles. The summed E-state index contributed by atoms with van der Waals surface area (Å²) in [6.45, 7) is 2.69. The van der Waals surface area contributed by atoms with Gasteiger partial charge in [-0.05, 0) is 49.5 Å². The molecule has 4 nitrogen and oxygen atoms in total. The second-order valence-electron chi connectivity index (χ2n) is 8.37. The van der Waals surface area contributed by atoms with Crippen LogP contribution in [0.25, 0.3) is 6.08 Å². The molecule has 1 aromatic carbocycles. The third-order valence-corrected chi connectivity index (χ3v) is 5.50. The summed E-state index contributed by atoms with van der Waals surface area (Å²) < 4.78 is 10.3. The van der Waals surface area contributed by atoms with Crippen LogP contribution < -0.4 is 4.74 Å². The van der Waals surface area contributed by atoms with E-state index in [9.17, 15) is 9.90 Å². The minimum Gasteiger partial charge on any atom is -0.504 e. The Morgan fingerprint density at radius 2 is 1.47 bits per heavy atom. The highest BCUT2D eigenvalue weighted by Gasteiger charge is 2.02. The van der Waals surface area contributed by atoms with Crippen molar-refractivity contribution in [2.75, 3.05) is 13.7 Å². The molecule has 0 atom stereocenters. The van der Waals surface area contributed by atoms with Gasteiger partial charge in [-0.25, -0.2) is 4.79 Å². The van der Waals surface area contributed by atoms with Crippen molar-refractivity contribution in [2.24, 2.45) is 0 Å². The van der Waals surface area contributed by atoms with Crippen molar-refractivity contribution in [1.82, 2.24) is 0 Å². The Bertz CT molecular complexity index is 663. The van der Waals surface area contributed by atoms with Crippen LogP contribution >= 0.6 is 0 Å². The Morgan fingerprint density at radius 3 is 2.09 bits per heavy atom. The highest BCUT2D eigenvalue weighted by atomic mass is 16.5. The van der Waals surface area contributed by atoms with Crippen molar-refractivity contribution in [3.8, 4) is 11.5 Å². The number of carbonyl (C=O) groups excluding carboxylic acids is 1. The van der Waals surface area contributed by atoms with Gasteiger partial charge >= 0.3 is 5.97 Å². The van der Waals surface area contributed by atoms with Crippen LogP contribution in [0, 0.1) is 0 Å². The lowest BCUT2D eigenvalue weighted by molar-refractivity contribution is -0.137. The fraction of sp³-hybridized carbons (Fsp3) is 0.607. The van der Waals surface area contributed by atoms with Crippen LogP contribution in [0.1, 0.15) is 102 Å². The molecule has 4 heteroatoms. The highest BCUT2D eigenvalue weighted by Crippen LogP contribution is 2.26. The molecule has 0 aliphatic carbocycles. The third kappa shape index (κ3) is 14.7. The number of carbonyl (C=O) groups is 1. The molecule has 1 N–H and O–H groups in total. The molecule has 0 fully saturated rings. The first-order valence-corrected chi connectivity index (χ1v) is 12.5. The second kappa shape index (κ2) is 19.5. The molecule has 0 aromatic heterocycles. The Labute approximate surface area is 195 Å². The van der Waals surface area contributed by atoms with Crippen molar-refractivity contribution in [2.45, 2.75) is 96.8 Å². The predicted octanol–water partition coefficient (Wildman–Crippen LogP) is 7.99. The van der Waals surface area contributed by atoms with Crippen molar-refractivity contribution in [3.05, 3.63) is 42.0 Å². The van der Waals surface area contributed by atoms with Crippen LogP contribution in [0.15, 0.2) is 36.4 Å². The number of phenols is 1. The summed E-state index contributed by atoms with van der Waals surface area (Å²) in [5, 5.41) is 9.58. The summed E-state index contributed by atoms with van der Waals surface area (Å²) in [5.74, 6) is 0.119. The summed E-state index contributed by atoms with van der Waals surface area (Å²) in [5.41, 5.74) is 0.774. The van der Waals surface area contributed by atoms with E-state index in [4.69, 9.17) is 9.47 Å². The maximum absolute atomic E-state index is 11.8. The zero-order chi connectivity index (χ0) is 23.3. The van der Waals surface area contributed by atoms with E-state index >= 15 is 0 Å². The fourth-order valence-electron chi connectivity index (χ4n) is 3.54. The molecule has 0 spiro atoms. The standard InChI is InChI=1S/C28H44O4/c1-3-4-5-6-7-8-9-10-11-12-13-14-15-16-17-18-23-32-28(30)22-20-25-19-21-26(29)27(24-25)31-2/h5-6,19-22,24,29H,3-4,7-18,23H2,1-2H3/b6-5+,22-20+. The molecule has 0 saturated carbocycles. The van der Waals surface area contributed by atoms with E-state index in [1.165, 1.54) is 96.3 Å². The molecule has 0 heterocycles. The number of methoxy groups -OCH3 is 1. The van der Waals surface area contributed by atoms with Gasteiger partial charge in [0, 0.05) is 6.08 Å². The zero-order valence-corrected chi connectivity index (χ0v) is 20.3. The summed E-state index contributed by atoms with van der Waals surface area (Å²) >= 11 is 0. The molecule has 0 unspecified atom stereocenters. The molecule has 0 aliphatic heterocycles. The first kappa shape index (κ1) is 27.8. The first-order valence-electron chi connectivity index (χ1n) is 12.5. The van der Waals surface area contributed by atoms with Gasteiger partial charge in [0.15, 0.2) is 11.5 Å². The number of esters is 1. The number of phenolic OH excluding ortho intramolecular Hbond substituents is 1. The van der Waals surface area contributed by atoms with E-state index in [2.05, 4.69) is 19.1 Å². The molecule has 1 aromatic rings. The number of hydrogen-bond donors (Lipinski definition) is 1. The van der Waals surface area contributed by atoms with E-state index in [1.807, 2.05) is 0 Å². The molecular weight excluding hydrogens is 400 g/mol. The van der Waals surface area contributed by atoms with E-state index < -0.39 is 0 Å². The minimum atomic E-state index is -0.339. The van der Waals surface area contributed by atoms with Gasteiger partial charge in [-0.2, -0.15) is 0 Å². The summed E-state index contributed by atoms with van der Waals surface area (Å²) in [6, 6.07) is 4.93. The summed E-state index contributed by atoms with van der Waals surface area (Å²) in [6.07, 6.45) is 25.5. The number of ether oxygens (including phenoxy) is 2. The summed E-state index contributed by atoms with van der Waals surface area (Å²) in [4.78, 5) is 11.8. The molecule has 32 heavy (non-hydrogen) atoms. The van der Waals surface area contributed by atoms with Crippen LogP contribution in [0.2, 0.25) is 0 Å². The largest absolute Gasteiger partial charge is 0.504 e. The summed E-state index contributed by atoms with van der Waals surface area (Å²) in [7, 11) is 1.49. The average Bonchev–Trinajstić information content (AvgIpc) is 2.80. The highest BCUT2D eigenvalue weighted by molar-refractivity contribution is 5.87. The van der Waals surface area contributed by atoms with Crippen LogP contribution in [0.4, 0.5) is 0 Å². The molecule has 1 rings (SSSR count). The average molecular weight is 445 g/mol. The second-order valence-corrected chi connectivity index (χ2v) is 8.37.